The van der Waals surface area contributed by atoms with E-state index in [1.807, 2.05) is 0 Å². The summed E-state index contributed by atoms with van der Waals surface area (Å²) >= 11 is 1.69. The van der Waals surface area contributed by atoms with E-state index >= 15 is 0 Å². The second-order valence-electron chi connectivity index (χ2n) is 5.71. The van der Waals surface area contributed by atoms with Gasteiger partial charge in [-0.05, 0) is 31.6 Å². The summed E-state index contributed by atoms with van der Waals surface area (Å²) in [6.45, 7) is 5.19. The van der Waals surface area contributed by atoms with E-state index < -0.39 is 0 Å². The van der Waals surface area contributed by atoms with Crippen molar-refractivity contribution in [2.75, 3.05) is 11.9 Å². The molecule has 0 radical (unpaired) electrons. The predicted octanol–water partition coefficient (Wildman–Crippen LogP) is 3.03. The van der Waals surface area contributed by atoms with E-state index in [9.17, 15) is 0 Å². The molecule has 100 valence electrons. The fourth-order valence-corrected chi connectivity index (χ4v) is 3.28. The Morgan fingerprint density at radius 1 is 1.28 bits per heavy atom. The Balaban J connectivity index is 1.57. The highest BCUT2D eigenvalue weighted by Crippen LogP contribution is 2.38. The third-order valence-corrected chi connectivity index (χ3v) is 4.88. The van der Waals surface area contributed by atoms with E-state index in [2.05, 4.69) is 29.4 Å². The van der Waals surface area contributed by atoms with Gasteiger partial charge in [0.05, 0.1) is 6.10 Å². The van der Waals surface area contributed by atoms with Gasteiger partial charge >= 0.3 is 0 Å². The smallest absolute Gasteiger partial charge is 0.205 e. The molecule has 1 aromatic rings. The van der Waals surface area contributed by atoms with Crippen molar-refractivity contribution in [2.24, 2.45) is 5.92 Å². The topological polar surface area (TPSA) is 47.0 Å². The summed E-state index contributed by atoms with van der Waals surface area (Å²) in [7, 11) is 0. The van der Waals surface area contributed by atoms with Crippen LogP contribution in [-0.4, -0.2) is 29.0 Å². The first kappa shape index (κ1) is 12.4. The Hall–Kier alpha value is -0.680. The molecule has 1 aliphatic carbocycles. The standard InChI is InChI=1S/C13H21N3OS/c1-8(2)12-15-16-13(18-12)14-10-5-6-17-11(7-10)9-3-4-9/h8-11H,3-7H2,1-2H3,(H,14,16). The molecule has 5 heteroatoms. The lowest BCUT2D eigenvalue weighted by atomic mass is 10.0. The third-order valence-electron chi connectivity index (χ3n) is 3.72. The monoisotopic (exact) mass is 267 g/mol. The van der Waals surface area contributed by atoms with Crippen LogP contribution in [0.1, 0.15) is 50.5 Å². The number of aromatic nitrogens is 2. The van der Waals surface area contributed by atoms with Gasteiger partial charge in [-0.2, -0.15) is 0 Å². The molecule has 0 aromatic carbocycles. The van der Waals surface area contributed by atoms with Gasteiger partial charge in [0.25, 0.3) is 0 Å². The van der Waals surface area contributed by atoms with Crippen molar-refractivity contribution in [2.45, 2.75) is 57.6 Å². The van der Waals surface area contributed by atoms with E-state index in [-0.39, 0.29) is 0 Å². The number of rotatable bonds is 4. The Morgan fingerprint density at radius 2 is 2.11 bits per heavy atom. The van der Waals surface area contributed by atoms with Crippen LogP contribution in [0.5, 0.6) is 0 Å². The van der Waals surface area contributed by atoms with Gasteiger partial charge in [-0.15, -0.1) is 10.2 Å². The average molecular weight is 267 g/mol. The molecular weight excluding hydrogens is 246 g/mol. The zero-order valence-electron chi connectivity index (χ0n) is 11.1. The SMILES string of the molecule is CC(C)c1nnc(NC2CCOC(C3CC3)C2)s1. The number of ether oxygens (including phenoxy) is 1. The normalized spacial score (nSPS) is 28.6. The summed E-state index contributed by atoms with van der Waals surface area (Å²) in [5.41, 5.74) is 0. The summed E-state index contributed by atoms with van der Waals surface area (Å²) in [5.74, 6) is 1.29. The van der Waals surface area contributed by atoms with Crippen molar-refractivity contribution in [3.63, 3.8) is 0 Å². The van der Waals surface area contributed by atoms with E-state index in [0.29, 0.717) is 18.1 Å². The second kappa shape index (κ2) is 5.13. The number of hydrogen-bond donors (Lipinski definition) is 1. The number of nitrogens with one attached hydrogen (secondary N) is 1. The Labute approximate surface area is 112 Å². The number of nitrogens with zero attached hydrogens (tertiary/aromatic N) is 2. The molecule has 0 spiro atoms. The maximum Gasteiger partial charge on any atom is 0.205 e. The lowest BCUT2D eigenvalue weighted by Crippen LogP contribution is -2.35. The van der Waals surface area contributed by atoms with Gasteiger partial charge in [-0.3, -0.25) is 0 Å². The average Bonchev–Trinajstić information content (AvgIpc) is 3.10. The predicted molar refractivity (Wildman–Crippen MR) is 73.1 cm³/mol. The van der Waals surface area contributed by atoms with Crippen LogP contribution in [0, 0.1) is 5.92 Å². The van der Waals surface area contributed by atoms with Crippen molar-refractivity contribution < 1.29 is 4.74 Å². The van der Waals surface area contributed by atoms with Crippen molar-refractivity contribution in [1.29, 1.82) is 0 Å². The van der Waals surface area contributed by atoms with Gasteiger partial charge < -0.3 is 10.1 Å². The molecule has 1 aliphatic heterocycles. The van der Waals surface area contributed by atoms with Gasteiger partial charge in [0.15, 0.2) is 0 Å². The Bertz CT molecular complexity index is 403. The van der Waals surface area contributed by atoms with Crippen LogP contribution in [-0.2, 0) is 4.74 Å². The summed E-state index contributed by atoms with van der Waals surface area (Å²) in [4.78, 5) is 0. The molecule has 2 unspecified atom stereocenters. The molecule has 1 aromatic heterocycles. The van der Waals surface area contributed by atoms with Crippen LogP contribution in [0.2, 0.25) is 0 Å². The molecule has 1 saturated carbocycles. The minimum absolute atomic E-state index is 0.465. The maximum atomic E-state index is 5.84. The van der Waals surface area contributed by atoms with Crippen molar-refractivity contribution in [3.05, 3.63) is 5.01 Å². The summed E-state index contributed by atoms with van der Waals surface area (Å²) < 4.78 is 5.84. The highest BCUT2D eigenvalue weighted by Gasteiger charge is 2.36. The van der Waals surface area contributed by atoms with Crippen molar-refractivity contribution in [1.82, 2.24) is 10.2 Å². The molecule has 0 amide bonds. The van der Waals surface area contributed by atoms with Gasteiger partial charge in [-0.25, -0.2) is 0 Å². The Morgan fingerprint density at radius 3 is 2.78 bits per heavy atom. The van der Waals surface area contributed by atoms with E-state index in [1.165, 1.54) is 12.8 Å². The van der Waals surface area contributed by atoms with Crippen LogP contribution < -0.4 is 5.32 Å². The molecule has 2 fully saturated rings. The summed E-state index contributed by atoms with van der Waals surface area (Å²) in [6, 6.07) is 0.511. The highest BCUT2D eigenvalue weighted by atomic mass is 32.1. The molecule has 2 heterocycles. The fourth-order valence-electron chi connectivity index (χ4n) is 2.46. The molecule has 2 atom stereocenters. The van der Waals surface area contributed by atoms with Crippen molar-refractivity contribution in [3.8, 4) is 0 Å². The summed E-state index contributed by atoms with van der Waals surface area (Å²) in [6.07, 6.45) is 5.40. The zero-order chi connectivity index (χ0) is 12.5. The minimum Gasteiger partial charge on any atom is -0.378 e. The fraction of sp³-hybridized carbons (Fsp3) is 0.846. The first-order valence-electron chi connectivity index (χ1n) is 6.94. The molecule has 0 bridgehead atoms. The van der Waals surface area contributed by atoms with E-state index in [4.69, 9.17) is 4.74 Å². The maximum absolute atomic E-state index is 5.84. The minimum atomic E-state index is 0.465. The Kier molecular flexibility index (Phi) is 3.52. The largest absolute Gasteiger partial charge is 0.378 e. The molecule has 3 rings (SSSR count). The van der Waals surface area contributed by atoms with Crippen LogP contribution in [0.4, 0.5) is 5.13 Å². The number of anilines is 1. The second-order valence-corrected chi connectivity index (χ2v) is 6.72. The van der Waals surface area contributed by atoms with Crippen LogP contribution in [0.15, 0.2) is 0 Å². The van der Waals surface area contributed by atoms with Gasteiger partial charge in [0.1, 0.15) is 5.01 Å². The first-order valence-corrected chi connectivity index (χ1v) is 7.75. The molecule has 1 saturated heterocycles. The highest BCUT2D eigenvalue weighted by molar-refractivity contribution is 7.15. The van der Waals surface area contributed by atoms with Gasteiger partial charge in [0, 0.05) is 18.6 Å². The van der Waals surface area contributed by atoms with E-state index in [0.717, 1.165) is 35.5 Å². The van der Waals surface area contributed by atoms with Gasteiger partial charge in [0.2, 0.25) is 5.13 Å². The molecule has 1 N–H and O–H groups in total. The van der Waals surface area contributed by atoms with Gasteiger partial charge in [-0.1, -0.05) is 25.2 Å². The zero-order valence-corrected chi connectivity index (χ0v) is 11.9. The van der Waals surface area contributed by atoms with Crippen LogP contribution >= 0.6 is 11.3 Å². The lowest BCUT2D eigenvalue weighted by Gasteiger charge is -2.29. The molecular formula is C13H21N3OS. The lowest BCUT2D eigenvalue weighted by molar-refractivity contribution is -0.00219. The molecule has 2 aliphatic rings. The van der Waals surface area contributed by atoms with Crippen LogP contribution in [0.3, 0.4) is 0 Å². The van der Waals surface area contributed by atoms with E-state index in [1.54, 1.807) is 11.3 Å². The first-order chi connectivity index (χ1) is 8.72. The van der Waals surface area contributed by atoms with Crippen LogP contribution in [0.25, 0.3) is 0 Å². The number of hydrogen-bond acceptors (Lipinski definition) is 5. The van der Waals surface area contributed by atoms with Crippen molar-refractivity contribution >= 4 is 16.5 Å². The quantitative estimate of drug-likeness (QED) is 0.911. The molecule has 4 nitrogen and oxygen atoms in total. The summed E-state index contributed by atoms with van der Waals surface area (Å²) in [5, 5.41) is 14.1. The third kappa shape index (κ3) is 2.83. The molecule has 18 heavy (non-hydrogen) atoms.